The molecule has 0 unspecified atom stereocenters. The van der Waals surface area contributed by atoms with Gasteiger partial charge >= 0.3 is 0 Å². The summed E-state index contributed by atoms with van der Waals surface area (Å²) in [6.45, 7) is 7.22. The van der Waals surface area contributed by atoms with Crippen LogP contribution in [0.1, 0.15) is 39.2 Å². The van der Waals surface area contributed by atoms with E-state index in [0.29, 0.717) is 0 Å². The molecule has 0 saturated carbocycles. The van der Waals surface area contributed by atoms with Crippen LogP contribution in [0.25, 0.3) is 0 Å². The van der Waals surface area contributed by atoms with Crippen molar-refractivity contribution in [2.24, 2.45) is 5.73 Å². The molecule has 13 heavy (non-hydrogen) atoms. The molecule has 1 aromatic heterocycles. The molecule has 1 rings (SSSR count). The van der Waals surface area contributed by atoms with E-state index in [-0.39, 0.29) is 5.54 Å². The highest BCUT2D eigenvalue weighted by Crippen LogP contribution is 2.24. The molecule has 1 aromatic rings. The highest BCUT2D eigenvalue weighted by Gasteiger charge is 2.24. The van der Waals surface area contributed by atoms with Gasteiger partial charge < -0.3 is 5.73 Å². The fraction of sp³-hybridized carbons (Fsp3) is 0.700. The van der Waals surface area contributed by atoms with Crippen molar-refractivity contribution < 1.29 is 0 Å². The molecule has 0 aliphatic rings. The van der Waals surface area contributed by atoms with E-state index in [1.165, 1.54) is 0 Å². The topological polar surface area (TPSA) is 43.8 Å². The van der Waals surface area contributed by atoms with Gasteiger partial charge in [0.2, 0.25) is 0 Å². The first-order valence-corrected chi connectivity index (χ1v) is 4.98. The molecular weight excluding hydrogens is 162 g/mol. The summed E-state index contributed by atoms with van der Waals surface area (Å²) >= 11 is 0. The van der Waals surface area contributed by atoms with Crippen molar-refractivity contribution in [3.05, 3.63) is 18.0 Å². The molecule has 0 aliphatic carbocycles. The lowest BCUT2D eigenvalue weighted by Crippen LogP contribution is -2.34. The summed E-state index contributed by atoms with van der Waals surface area (Å²) in [5.74, 6) is 0. The molecule has 0 fully saturated rings. The Balaban J connectivity index is 2.91. The van der Waals surface area contributed by atoms with Crippen molar-refractivity contribution in [1.29, 1.82) is 0 Å². The van der Waals surface area contributed by atoms with E-state index in [1.807, 2.05) is 17.1 Å². The molecule has 0 radical (unpaired) electrons. The van der Waals surface area contributed by atoms with Gasteiger partial charge in [0.25, 0.3) is 0 Å². The van der Waals surface area contributed by atoms with Crippen LogP contribution in [0.4, 0.5) is 0 Å². The lowest BCUT2D eigenvalue weighted by Gasteiger charge is -2.24. The second kappa shape index (κ2) is 3.92. The van der Waals surface area contributed by atoms with Crippen molar-refractivity contribution in [1.82, 2.24) is 9.78 Å². The smallest absolute Gasteiger partial charge is 0.0540 e. The molecule has 0 bridgehead atoms. The first kappa shape index (κ1) is 10.3. The summed E-state index contributed by atoms with van der Waals surface area (Å²) in [7, 11) is 0. The van der Waals surface area contributed by atoms with E-state index in [1.54, 1.807) is 0 Å². The zero-order valence-electron chi connectivity index (χ0n) is 8.75. The second-order valence-corrected chi connectivity index (χ2v) is 3.45. The van der Waals surface area contributed by atoms with Gasteiger partial charge in [-0.05, 0) is 19.8 Å². The molecule has 1 heterocycles. The van der Waals surface area contributed by atoms with Gasteiger partial charge in [-0.3, -0.25) is 4.68 Å². The molecule has 3 heteroatoms. The fourth-order valence-corrected chi connectivity index (χ4v) is 1.45. The molecule has 0 spiro atoms. The predicted molar refractivity (Wildman–Crippen MR) is 54.3 cm³/mol. The summed E-state index contributed by atoms with van der Waals surface area (Å²) in [5, 5.41) is 4.23. The largest absolute Gasteiger partial charge is 0.321 e. The zero-order chi connectivity index (χ0) is 9.90. The minimum absolute atomic E-state index is 0.187. The molecule has 0 atom stereocenters. The van der Waals surface area contributed by atoms with Gasteiger partial charge in [0, 0.05) is 23.8 Å². The predicted octanol–water partition coefficient (Wildman–Crippen LogP) is 1.88. The van der Waals surface area contributed by atoms with Crippen molar-refractivity contribution in [3.8, 4) is 0 Å². The van der Waals surface area contributed by atoms with Crippen molar-refractivity contribution in [2.45, 2.75) is 45.7 Å². The van der Waals surface area contributed by atoms with Gasteiger partial charge in [-0.2, -0.15) is 5.10 Å². The third-order valence-electron chi connectivity index (χ3n) is 2.79. The number of aromatic nitrogens is 2. The third-order valence-corrected chi connectivity index (χ3v) is 2.79. The van der Waals surface area contributed by atoms with Crippen molar-refractivity contribution >= 4 is 0 Å². The molecule has 0 aromatic carbocycles. The Labute approximate surface area is 79.9 Å². The minimum Gasteiger partial charge on any atom is -0.321 e. The monoisotopic (exact) mass is 181 g/mol. The Morgan fingerprint density at radius 1 is 1.38 bits per heavy atom. The van der Waals surface area contributed by atoms with Crippen LogP contribution in [0, 0.1) is 0 Å². The Kier molecular flexibility index (Phi) is 3.09. The van der Waals surface area contributed by atoms with Crippen molar-refractivity contribution in [2.75, 3.05) is 0 Å². The first-order valence-electron chi connectivity index (χ1n) is 4.98. The van der Waals surface area contributed by atoms with E-state index >= 15 is 0 Å². The third kappa shape index (κ3) is 1.91. The summed E-state index contributed by atoms with van der Waals surface area (Å²) in [5.41, 5.74) is 7.20. The molecule has 0 amide bonds. The first-order chi connectivity index (χ1) is 6.16. The van der Waals surface area contributed by atoms with Crippen LogP contribution < -0.4 is 5.73 Å². The number of nitrogens with two attached hydrogens (primary N) is 1. The molecule has 2 N–H and O–H groups in total. The van der Waals surface area contributed by atoms with E-state index in [9.17, 15) is 0 Å². The van der Waals surface area contributed by atoms with Crippen LogP contribution in [-0.2, 0) is 12.1 Å². The van der Waals surface area contributed by atoms with Crippen LogP contribution >= 0.6 is 0 Å². The highest BCUT2D eigenvalue weighted by atomic mass is 15.3. The second-order valence-electron chi connectivity index (χ2n) is 3.45. The van der Waals surface area contributed by atoms with Gasteiger partial charge in [0.05, 0.1) is 6.20 Å². The average Bonchev–Trinajstić information content (AvgIpc) is 2.65. The minimum atomic E-state index is -0.187. The molecular formula is C10H19N3. The standard InChI is InChI=1S/C10H19N3/c1-4-10(11,5-2)9-7-12-13(6-3)8-9/h7-8H,4-6,11H2,1-3H3. The summed E-state index contributed by atoms with van der Waals surface area (Å²) in [6.07, 6.45) is 5.85. The van der Waals surface area contributed by atoms with Crippen LogP contribution in [0.2, 0.25) is 0 Å². The van der Waals surface area contributed by atoms with Gasteiger partial charge in [0.15, 0.2) is 0 Å². The average molecular weight is 181 g/mol. The number of rotatable bonds is 4. The van der Waals surface area contributed by atoms with Gasteiger partial charge in [-0.1, -0.05) is 13.8 Å². The van der Waals surface area contributed by atoms with Crippen LogP contribution in [0.5, 0.6) is 0 Å². The Bertz CT molecular complexity index is 261. The van der Waals surface area contributed by atoms with Gasteiger partial charge in [0.1, 0.15) is 0 Å². The molecule has 0 saturated heterocycles. The summed E-state index contributed by atoms with van der Waals surface area (Å²) < 4.78 is 1.92. The van der Waals surface area contributed by atoms with Crippen LogP contribution in [-0.4, -0.2) is 9.78 Å². The van der Waals surface area contributed by atoms with Crippen molar-refractivity contribution in [3.63, 3.8) is 0 Å². The Morgan fingerprint density at radius 2 is 2.00 bits per heavy atom. The SMILES string of the molecule is CCn1cc(C(N)(CC)CC)cn1. The number of nitrogens with zero attached hydrogens (tertiary/aromatic N) is 2. The number of hydrogen-bond acceptors (Lipinski definition) is 2. The number of hydrogen-bond donors (Lipinski definition) is 1. The van der Waals surface area contributed by atoms with Gasteiger partial charge in [-0.25, -0.2) is 0 Å². The quantitative estimate of drug-likeness (QED) is 0.770. The Morgan fingerprint density at radius 3 is 2.38 bits per heavy atom. The highest BCUT2D eigenvalue weighted by molar-refractivity contribution is 5.16. The number of aryl methyl sites for hydroxylation is 1. The van der Waals surface area contributed by atoms with Crippen LogP contribution in [0.3, 0.4) is 0 Å². The zero-order valence-corrected chi connectivity index (χ0v) is 8.75. The lowest BCUT2D eigenvalue weighted by atomic mass is 9.88. The maximum absolute atomic E-state index is 6.23. The molecule has 3 nitrogen and oxygen atoms in total. The van der Waals surface area contributed by atoms with Gasteiger partial charge in [-0.15, -0.1) is 0 Å². The van der Waals surface area contributed by atoms with E-state index < -0.39 is 0 Å². The van der Waals surface area contributed by atoms with E-state index in [2.05, 4.69) is 25.9 Å². The fourth-order valence-electron chi connectivity index (χ4n) is 1.45. The van der Waals surface area contributed by atoms with Crippen LogP contribution in [0.15, 0.2) is 12.4 Å². The maximum Gasteiger partial charge on any atom is 0.0540 e. The lowest BCUT2D eigenvalue weighted by molar-refractivity contribution is 0.412. The molecule has 74 valence electrons. The molecule has 0 aliphatic heterocycles. The maximum atomic E-state index is 6.23. The van der Waals surface area contributed by atoms with E-state index in [4.69, 9.17) is 5.73 Å². The van der Waals surface area contributed by atoms with E-state index in [0.717, 1.165) is 24.9 Å². The summed E-state index contributed by atoms with van der Waals surface area (Å²) in [6, 6.07) is 0. The normalized spacial score (nSPS) is 12.0. The Hall–Kier alpha value is -0.830. The summed E-state index contributed by atoms with van der Waals surface area (Å²) in [4.78, 5) is 0.